The van der Waals surface area contributed by atoms with E-state index < -0.39 is 5.97 Å². The summed E-state index contributed by atoms with van der Waals surface area (Å²) in [6, 6.07) is 8.86. The highest BCUT2D eigenvalue weighted by molar-refractivity contribution is 5.92. The molecule has 0 aliphatic carbocycles. The Kier molecular flexibility index (Phi) is 5.02. The predicted octanol–water partition coefficient (Wildman–Crippen LogP) is 1.80. The minimum Gasteiger partial charge on any atom is -0.478 e. The molecule has 5 nitrogen and oxygen atoms in total. The zero-order valence-corrected chi connectivity index (χ0v) is 11.1. The van der Waals surface area contributed by atoms with Crippen LogP contribution in [0.2, 0.25) is 0 Å². The molecular weight excluding hydrogens is 263 g/mol. The summed E-state index contributed by atoms with van der Waals surface area (Å²) < 4.78 is 13.3. The summed E-state index contributed by atoms with van der Waals surface area (Å²) in [6.07, 6.45) is 0. The Hall–Kier alpha value is -2.63. The number of nitrogens with two attached hydrogens (primary N) is 1. The summed E-state index contributed by atoms with van der Waals surface area (Å²) in [4.78, 5) is 21.4. The zero-order valence-electron chi connectivity index (χ0n) is 11.1. The Bertz CT molecular complexity index is 663. The van der Waals surface area contributed by atoms with Gasteiger partial charge in [0.2, 0.25) is 0 Å². The molecule has 0 amide bonds. The van der Waals surface area contributed by atoms with E-state index in [9.17, 15) is 14.0 Å². The van der Waals surface area contributed by atoms with Crippen LogP contribution in [0.1, 0.15) is 15.9 Å². The molecule has 0 unspecified atom stereocenters. The molecule has 2 aromatic rings. The molecule has 2 rings (SSSR count). The van der Waals surface area contributed by atoms with Crippen LogP contribution in [0, 0.1) is 12.7 Å². The number of carbonyl (C=O) groups is 1. The quantitative estimate of drug-likeness (QED) is 0.833. The zero-order chi connectivity index (χ0) is 15.3. The standard InChI is InChI=1S/C7H7F.C7H8N2O3/c1-6-3-2-4-7(8)5-6;1-9-5(10)3-2-4(6(9)8)7(11)12/h2-5H,1H3;2-3H,8H2,1H3,(H,11,12). The van der Waals surface area contributed by atoms with E-state index in [0.717, 1.165) is 10.1 Å². The van der Waals surface area contributed by atoms with E-state index in [1.165, 1.54) is 31.3 Å². The Morgan fingerprint density at radius 2 is 1.95 bits per heavy atom. The SMILES string of the molecule is Cc1cccc(F)c1.Cn1c(N)c(C(=O)O)ccc1=O. The third-order valence-corrected chi connectivity index (χ3v) is 2.57. The number of rotatable bonds is 1. The highest BCUT2D eigenvalue weighted by Crippen LogP contribution is 2.06. The fourth-order valence-corrected chi connectivity index (χ4v) is 1.44. The van der Waals surface area contributed by atoms with Crippen LogP contribution in [0.4, 0.5) is 10.2 Å². The van der Waals surface area contributed by atoms with Crippen LogP contribution in [-0.4, -0.2) is 15.6 Å². The van der Waals surface area contributed by atoms with Gasteiger partial charge in [-0.2, -0.15) is 0 Å². The van der Waals surface area contributed by atoms with Crippen molar-refractivity contribution in [2.75, 3.05) is 5.73 Å². The van der Waals surface area contributed by atoms with Gasteiger partial charge < -0.3 is 10.8 Å². The van der Waals surface area contributed by atoms with Crippen molar-refractivity contribution in [3.05, 3.63) is 63.7 Å². The lowest BCUT2D eigenvalue weighted by molar-refractivity contribution is 0.0697. The van der Waals surface area contributed by atoms with Crippen LogP contribution in [0.5, 0.6) is 0 Å². The molecule has 20 heavy (non-hydrogen) atoms. The number of nitrogen functional groups attached to an aromatic ring is 1. The molecule has 0 aliphatic rings. The van der Waals surface area contributed by atoms with Crippen molar-refractivity contribution in [2.45, 2.75) is 6.92 Å². The lowest BCUT2D eigenvalue weighted by atomic mass is 10.2. The highest BCUT2D eigenvalue weighted by Gasteiger charge is 2.09. The lowest BCUT2D eigenvalue weighted by Gasteiger charge is -2.04. The predicted molar refractivity (Wildman–Crippen MR) is 74.2 cm³/mol. The van der Waals surface area contributed by atoms with Gasteiger partial charge in [0.25, 0.3) is 5.56 Å². The Labute approximate surface area is 115 Å². The molecule has 0 fully saturated rings. The summed E-state index contributed by atoms with van der Waals surface area (Å²) in [6.45, 7) is 1.86. The number of benzene rings is 1. The van der Waals surface area contributed by atoms with Gasteiger partial charge in [-0.3, -0.25) is 9.36 Å². The van der Waals surface area contributed by atoms with E-state index in [0.29, 0.717) is 0 Å². The van der Waals surface area contributed by atoms with Crippen molar-refractivity contribution >= 4 is 11.8 Å². The van der Waals surface area contributed by atoms with Crippen LogP contribution < -0.4 is 11.3 Å². The Morgan fingerprint density at radius 3 is 2.40 bits per heavy atom. The number of carboxylic acid groups (broad SMARTS) is 1. The van der Waals surface area contributed by atoms with E-state index in [4.69, 9.17) is 10.8 Å². The molecule has 3 N–H and O–H groups in total. The second-order valence-electron chi connectivity index (χ2n) is 4.13. The first-order valence-electron chi connectivity index (χ1n) is 5.74. The molecule has 106 valence electrons. The minimum atomic E-state index is -1.14. The van der Waals surface area contributed by atoms with Crippen molar-refractivity contribution in [1.82, 2.24) is 4.57 Å². The number of aromatic carboxylic acids is 1. The van der Waals surface area contributed by atoms with Gasteiger partial charge in [0, 0.05) is 13.1 Å². The fraction of sp³-hybridized carbons (Fsp3) is 0.143. The third-order valence-electron chi connectivity index (χ3n) is 2.57. The molecule has 6 heteroatoms. The molecule has 0 radical (unpaired) electrons. The average molecular weight is 278 g/mol. The van der Waals surface area contributed by atoms with Gasteiger partial charge >= 0.3 is 5.97 Å². The number of anilines is 1. The van der Waals surface area contributed by atoms with Gasteiger partial charge in [0.15, 0.2) is 0 Å². The van der Waals surface area contributed by atoms with E-state index in [1.54, 1.807) is 6.07 Å². The maximum Gasteiger partial charge on any atom is 0.339 e. The van der Waals surface area contributed by atoms with Crippen LogP contribution in [0.25, 0.3) is 0 Å². The summed E-state index contributed by atoms with van der Waals surface area (Å²) in [5.41, 5.74) is 5.95. The van der Waals surface area contributed by atoms with E-state index >= 15 is 0 Å². The maximum absolute atomic E-state index is 12.2. The number of halogens is 1. The van der Waals surface area contributed by atoms with Gasteiger partial charge in [-0.05, 0) is 30.7 Å². The van der Waals surface area contributed by atoms with Crippen molar-refractivity contribution < 1.29 is 14.3 Å². The third kappa shape index (κ3) is 3.94. The van der Waals surface area contributed by atoms with E-state index in [2.05, 4.69) is 0 Å². The molecule has 0 atom stereocenters. The van der Waals surface area contributed by atoms with E-state index in [-0.39, 0.29) is 22.8 Å². The van der Waals surface area contributed by atoms with Crippen molar-refractivity contribution in [3.63, 3.8) is 0 Å². The van der Waals surface area contributed by atoms with Gasteiger partial charge in [-0.25, -0.2) is 9.18 Å². The second-order valence-corrected chi connectivity index (χ2v) is 4.13. The number of aromatic nitrogens is 1. The summed E-state index contributed by atoms with van der Waals surface area (Å²) in [5.74, 6) is -1.33. The number of nitrogens with zero attached hydrogens (tertiary/aromatic N) is 1. The van der Waals surface area contributed by atoms with Crippen LogP contribution in [-0.2, 0) is 7.05 Å². The normalized spacial score (nSPS) is 9.55. The number of hydrogen-bond donors (Lipinski definition) is 2. The first-order chi connectivity index (χ1) is 9.32. The molecule has 1 aromatic heterocycles. The summed E-state index contributed by atoms with van der Waals surface area (Å²) in [5, 5.41) is 8.59. The smallest absolute Gasteiger partial charge is 0.339 e. The molecule has 0 aliphatic heterocycles. The number of pyridine rings is 1. The summed E-state index contributed by atoms with van der Waals surface area (Å²) >= 11 is 0. The molecule has 1 heterocycles. The highest BCUT2D eigenvalue weighted by atomic mass is 19.1. The fourth-order valence-electron chi connectivity index (χ4n) is 1.44. The van der Waals surface area contributed by atoms with Gasteiger partial charge in [0.05, 0.1) is 5.56 Å². The topological polar surface area (TPSA) is 85.3 Å². The minimum absolute atomic E-state index is 0.0324. The van der Waals surface area contributed by atoms with Gasteiger partial charge in [-0.15, -0.1) is 0 Å². The van der Waals surface area contributed by atoms with Crippen LogP contribution >= 0.6 is 0 Å². The molecule has 0 saturated carbocycles. The van der Waals surface area contributed by atoms with Gasteiger partial charge in [-0.1, -0.05) is 12.1 Å². The van der Waals surface area contributed by atoms with Crippen molar-refractivity contribution in [3.8, 4) is 0 Å². The molecule has 0 saturated heterocycles. The number of aryl methyl sites for hydroxylation is 1. The molecular formula is C14H15FN2O3. The second kappa shape index (κ2) is 6.51. The molecule has 1 aromatic carbocycles. The van der Waals surface area contributed by atoms with Gasteiger partial charge in [0.1, 0.15) is 11.6 Å². The Morgan fingerprint density at radius 1 is 1.30 bits per heavy atom. The van der Waals surface area contributed by atoms with Crippen molar-refractivity contribution in [1.29, 1.82) is 0 Å². The maximum atomic E-state index is 12.2. The molecule has 0 spiro atoms. The largest absolute Gasteiger partial charge is 0.478 e. The van der Waals surface area contributed by atoms with Crippen LogP contribution in [0.3, 0.4) is 0 Å². The lowest BCUT2D eigenvalue weighted by Crippen LogP contribution is -2.21. The monoisotopic (exact) mass is 278 g/mol. The Balaban J connectivity index is 0.000000217. The molecule has 0 bridgehead atoms. The summed E-state index contributed by atoms with van der Waals surface area (Å²) in [7, 11) is 1.42. The average Bonchev–Trinajstić information content (AvgIpc) is 2.36. The van der Waals surface area contributed by atoms with Crippen molar-refractivity contribution in [2.24, 2.45) is 7.05 Å². The number of hydrogen-bond acceptors (Lipinski definition) is 3. The van der Waals surface area contributed by atoms with Crippen LogP contribution in [0.15, 0.2) is 41.2 Å². The first-order valence-corrected chi connectivity index (χ1v) is 5.74. The number of carboxylic acids is 1. The van der Waals surface area contributed by atoms with E-state index in [1.807, 2.05) is 13.0 Å². The first kappa shape index (κ1) is 15.4.